The highest BCUT2D eigenvalue weighted by molar-refractivity contribution is 5.81. The molecule has 19 heavy (non-hydrogen) atoms. The molecule has 1 aromatic heterocycles. The Morgan fingerprint density at radius 2 is 2.11 bits per heavy atom. The molecule has 1 atom stereocenters. The molecule has 1 rings (SSSR count). The number of hydrogen-bond acceptors (Lipinski definition) is 4. The zero-order valence-electron chi connectivity index (χ0n) is 12.2. The summed E-state index contributed by atoms with van der Waals surface area (Å²) in [5.41, 5.74) is 0.898. The third-order valence-corrected chi connectivity index (χ3v) is 2.84. The van der Waals surface area contributed by atoms with Gasteiger partial charge in [0.15, 0.2) is 0 Å². The Morgan fingerprint density at radius 1 is 1.37 bits per heavy atom. The molecule has 0 saturated carbocycles. The SMILES string of the molecule is Cc1nccc(CNC(C)C(=O)NCCC(C)C)n1. The zero-order valence-corrected chi connectivity index (χ0v) is 12.2. The van der Waals surface area contributed by atoms with Crippen LogP contribution in [0.2, 0.25) is 0 Å². The summed E-state index contributed by atoms with van der Waals surface area (Å²) < 4.78 is 0. The first kappa shape index (κ1) is 15.6. The number of aryl methyl sites for hydroxylation is 1. The Morgan fingerprint density at radius 3 is 2.74 bits per heavy atom. The second-order valence-corrected chi connectivity index (χ2v) is 5.17. The molecule has 1 aromatic rings. The number of aromatic nitrogens is 2. The van der Waals surface area contributed by atoms with E-state index in [-0.39, 0.29) is 11.9 Å². The maximum absolute atomic E-state index is 11.8. The van der Waals surface area contributed by atoms with Gasteiger partial charge in [-0.3, -0.25) is 4.79 Å². The summed E-state index contributed by atoms with van der Waals surface area (Å²) in [6.45, 7) is 9.30. The van der Waals surface area contributed by atoms with Gasteiger partial charge in [-0.05, 0) is 32.3 Å². The molecule has 0 fully saturated rings. The molecule has 0 saturated heterocycles. The van der Waals surface area contributed by atoms with Gasteiger partial charge in [-0.25, -0.2) is 9.97 Å². The molecule has 0 bridgehead atoms. The van der Waals surface area contributed by atoms with Crippen LogP contribution in [0.4, 0.5) is 0 Å². The van der Waals surface area contributed by atoms with E-state index >= 15 is 0 Å². The fourth-order valence-electron chi connectivity index (χ4n) is 1.59. The van der Waals surface area contributed by atoms with E-state index in [2.05, 4.69) is 34.4 Å². The van der Waals surface area contributed by atoms with Gasteiger partial charge >= 0.3 is 0 Å². The van der Waals surface area contributed by atoms with E-state index in [0.29, 0.717) is 12.5 Å². The van der Waals surface area contributed by atoms with Crippen molar-refractivity contribution in [3.05, 3.63) is 23.8 Å². The van der Waals surface area contributed by atoms with E-state index in [1.807, 2.05) is 19.9 Å². The average Bonchev–Trinajstić information content (AvgIpc) is 2.35. The van der Waals surface area contributed by atoms with Crippen molar-refractivity contribution in [3.8, 4) is 0 Å². The van der Waals surface area contributed by atoms with Crippen molar-refractivity contribution in [2.75, 3.05) is 6.54 Å². The normalized spacial score (nSPS) is 12.5. The van der Waals surface area contributed by atoms with Gasteiger partial charge in [0.05, 0.1) is 11.7 Å². The molecular formula is C14H24N4O. The third kappa shape index (κ3) is 6.29. The van der Waals surface area contributed by atoms with Gasteiger partial charge in [0.1, 0.15) is 5.82 Å². The molecule has 0 radical (unpaired) electrons. The molecule has 0 aliphatic rings. The van der Waals surface area contributed by atoms with Crippen molar-refractivity contribution in [2.45, 2.75) is 46.7 Å². The lowest BCUT2D eigenvalue weighted by Crippen LogP contribution is -2.42. The van der Waals surface area contributed by atoms with Crippen LogP contribution in [0.3, 0.4) is 0 Å². The number of hydrogen-bond donors (Lipinski definition) is 2. The van der Waals surface area contributed by atoms with Crippen molar-refractivity contribution in [3.63, 3.8) is 0 Å². The van der Waals surface area contributed by atoms with Gasteiger partial charge in [-0.15, -0.1) is 0 Å². The van der Waals surface area contributed by atoms with Gasteiger partial charge in [0.25, 0.3) is 0 Å². The second-order valence-electron chi connectivity index (χ2n) is 5.17. The Balaban J connectivity index is 2.30. The highest BCUT2D eigenvalue weighted by atomic mass is 16.2. The van der Waals surface area contributed by atoms with Gasteiger partial charge in [-0.1, -0.05) is 13.8 Å². The highest BCUT2D eigenvalue weighted by Gasteiger charge is 2.11. The number of amides is 1. The van der Waals surface area contributed by atoms with E-state index in [0.717, 1.165) is 24.5 Å². The number of carbonyl (C=O) groups excluding carboxylic acids is 1. The topological polar surface area (TPSA) is 66.9 Å². The smallest absolute Gasteiger partial charge is 0.236 e. The molecule has 106 valence electrons. The summed E-state index contributed by atoms with van der Waals surface area (Å²) in [6.07, 6.45) is 2.73. The lowest BCUT2D eigenvalue weighted by molar-refractivity contribution is -0.122. The molecule has 1 amide bonds. The molecular weight excluding hydrogens is 240 g/mol. The molecule has 2 N–H and O–H groups in total. The van der Waals surface area contributed by atoms with Crippen LogP contribution in [-0.4, -0.2) is 28.5 Å². The lowest BCUT2D eigenvalue weighted by Gasteiger charge is -2.14. The van der Waals surface area contributed by atoms with Crippen LogP contribution >= 0.6 is 0 Å². The second kappa shape index (κ2) is 7.84. The van der Waals surface area contributed by atoms with Gasteiger partial charge in [0, 0.05) is 19.3 Å². The van der Waals surface area contributed by atoms with Gasteiger partial charge in [0.2, 0.25) is 5.91 Å². The van der Waals surface area contributed by atoms with Crippen molar-refractivity contribution in [1.29, 1.82) is 0 Å². The summed E-state index contributed by atoms with van der Waals surface area (Å²) in [6, 6.07) is 1.63. The summed E-state index contributed by atoms with van der Waals surface area (Å²) in [4.78, 5) is 20.1. The first-order valence-corrected chi connectivity index (χ1v) is 6.78. The molecule has 0 aromatic carbocycles. The minimum Gasteiger partial charge on any atom is -0.355 e. The maximum atomic E-state index is 11.8. The van der Waals surface area contributed by atoms with Crippen LogP contribution in [0.1, 0.15) is 38.7 Å². The number of rotatable bonds is 7. The number of nitrogens with zero attached hydrogens (tertiary/aromatic N) is 2. The molecule has 0 spiro atoms. The summed E-state index contributed by atoms with van der Waals surface area (Å²) >= 11 is 0. The minimum atomic E-state index is -0.220. The average molecular weight is 264 g/mol. The van der Waals surface area contributed by atoms with Crippen LogP contribution in [-0.2, 0) is 11.3 Å². The van der Waals surface area contributed by atoms with Crippen molar-refractivity contribution < 1.29 is 4.79 Å². The van der Waals surface area contributed by atoms with Crippen molar-refractivity contribution in [2.24, 2.45) is 5.92 Å². The first-order chi connectivity index (χ1) is 8.99. The summed E-state index contributed by atoms with van der Waals surface area (Å²) in [5, 5.41) is 6.09. The largest absolute Gasteiger partial charge is 0.355 e. The van der Waals surface area contributed by atoms with E-state index in [1.165, 1.54) is 0 Å². The van der Waals surface area contributed by atoms with Crippen LogP contribution < -0.4 is 10.6 Å². The van der Waals surface area contributed by atoms with E-state index in [4.69, 9.17) is 0 Å². The standard InChI is InChI=1S/C14H24N4O/c1-10(2)5-7-16-14(19)11(3)17-9-13-6-8-15-12(4)18-13/h6,8,10-11,17H,5,7,9H2,1-4H3,(H,16,19). The predicted octanol–water partition coefficient (Wildman–Crippen LogP) is 1.43. The molecule has 1 heterocycles. The monoisotopic (exact) mass is 264 g/mol. The molecule has 0 aliphatic carbocycles. The van der Waals surface area contributed by atoms with Gasteiger partial charge < -0.3 is 10.6 Å². The molecule has 5 heteroatoms. The van der Waals surface area contributed by atoms with Crippen molar-refractivity contribution >= 4 is 5.91 Å². The minimum absolute atomic E-state index is 0.0337. The Bertz CT molecular complexity index is 406. The highest BCUT2D eigenvalue weighted by Crippen LogP contribution is 1.97. The maximum Gasteiger partial charge on any atom is 0.236 e. The molecule has 0 aliphatic heterocycles. The predicted molar refractivity (Wildman–Crippen MR) is 75.5 cm³/mol. The van der Waals surface area contributed by atoms with Crippen LogP contribution in [0.25, 0.3) is 0 Å². The van der Waals surface area contributed by atoms with Crippen molar-refractivity contribution in [1.82, 2.24) is 20.6 Å². The number of carbonyl (C=O) groups is 1. The molecule has 1 unspecified atom stereocenters. The molecule has 5 nitrogen and oxygen atoms in total. The Kier molecular flexibility index (Phi) is 6.42. The lowest BCUT2D eigenvalue weighted by atomic mass is 10.1. The summed E-state index contributed by atoms with van der Waals surface area (Å²) in [5.74, 6) is 1.38. The van der Waals surface area contributed by atoms with Crippen LogP contribution in [0.15, 0.2) is 12.3 Å². The van der Waals surface area contributed by atoms with Gasteiger partial charge in [-0.2, -0.15) is 0 Å². The Hall–Kier alpha value is -1.49. The van der Waals surface area contributed by atoms with E-state index < -0.39 is 0 Å². The first-order valence-electron chi connectivity index (χ1n) is 6.78. The van der Waals surface area contributed by atoms with E-state index in [9.17, 15) is 4.79 Å². The number of nitrogens with one attached hydrogen (secondary N) is 2. The van der Waals surface area contributed by atoms with Crippen LogP contribution in [0.5, 0.6) is 0 Å². The third-order valence-electron chi connectivity index (χ3n) is 2.84. The fraction of sp³-hybridized carbons (Fsp3) is 0.643. The quantitative estimate of drug-likeness (QED) is 0.781. The zero-order chi connectivity index (χ0) is 14.3. The summed E-state index contributed by atoms with van der Waals surface area (Å²) in [7, 11) is 0. The van der Waals surface area contributed by atoms with E-state index in [1.54, 1.807) is 6.20 Å². The Labute approximate surface area is 115 Å². The van der Waals surface area contributed by atoms with Crippen LogP contribution in [0, 0.1) is 12.8 Å². The fourth-order valence-corrected chi connectivity index (χ4v) is 1.59.